The van der Waals surface area contributed by atoms with Crippen molar-refractivity contribution in [2.24, 2.45) is 0 Å². The molecule has 0 saturated carbocycles. The highest BCUT2D eigenvalue weighted by molar-refractivity contribution is 7.72. The van der Waals surface area contributed by atoms with Crippen LogP contribution in [0.15, 0.2) is 48.2 Å². The molecular weight excluding hydrogens is 262 g/mol. The molecule has 1 atom stereocenters. The van der Waals surface area contributed by atoms with Crippen molar-refractivity contribution in [3.05, 3.63) is 64.5 Å². The first-order valence-electron chi connectivity index (χ1n) is 6.07. The summed E-state index contributed by atoms with van der Waals surface area (Å²) in [7, 11) is -2.49. The van der Waals surface area contributed by atoms with Gasteiger partial charge in [0.15, 0.2) is 0 Å². The third-order valence-electron chi connectivity index (χ3n) is 3.05. The molecule has 100 valence electrons. The van der Waals surface area contributed by atoms with Crippen molar-refractivity contribution < 1.29 is 13.5 Å². The van der Waals surface area contributed by atoms with E-state index in [0.717, 1.165) is 12.0 Å². The third kappa shape index (κ3) is 3.20. The maximum Gasteiger partial charge on any atom is 0.277 e. The minimum atomic E-state index is -2.49. The Morgan fingerprint density at radius 3 is 2.37 bits per heavy atom. The summed E-state index contributed by atoms with van der Waals surface area (Å²) < 4.78 is 22.3. The molecule has 0 saturated heterocycles. The Balaban J connectivity index is 2.28. The number of aryl methyl sites for hydroxylation is 1. The van der Waals surface area contributed by atoms with Gasteiger partial charge in [-0.25, -0.2) is 0 Å². The zero-order valence-corrected chi connectivity index (χ0v) is 11.4. The molecule has 1 aromatic rings. The Bertz CT molecular complexity index is 646. The van der Waals surface area contributed by atoms with Gasteiger partial charge in [0.2, 0.25) is 0 Å². The first kappa shape index (κ1) is 13.7. The van der Waals surface area contributed by atoms with E-state index < -0.39 is 15.4 Å². The van der Waals surface area contributed by atoms with Crippen molar-refractivity contribution in [1.82, 2.24) is 0 Å². The largest absolute Gasteiger partial charge is 0.623 e. The average Bonchev–Trinajstić information content (AvgIpc) is 2.39. The average molecular weight is 277 g/mol. The van der Waals surface area contributed by atoms with Gasteiger partial charge in [-0.3, -0.25) is 0 Å². The Kier molecular flexibility index (Phi) is 4.31. The number of rotatable bonds is 3. The molecule has 0 amide bonds. The monoisotopic (exact) mass is 277 g/mol. The van der Waals surface area contributed by atoms with E-state index in [2.05, 4.69) is 6.92 Å². The van der Waals surface area contributed by atoms with Gasteiger partial charge in [-0.05, 0) is 29.7 Å². The van der Waals surface area contributed by atoms with Crippen LogP contribution in [0.5, 0.6) is 0 Å². The van der Waals surface area contributed by atoms with E-state index in [0.29, 0.717) is 12.0 Å². The standard InChI is InChI=1S/C14H15NO3S/c1-2-11-5-7-12(8-6-11)10-13-4-3-9-15(16)14(13)19(17)18/h3-9,15H,2,10H2,1H3. The highest BCUT2D eigenvalue weighted by Crippen LogP contribution is 2.11. The minimum absolute atomic E-state index is 0.123. The molecule has 0 fully saturated rings. The predicted molar refractivity (Wildman–Crippen MR) is 75.0 cm³/mol. The van der Waals surface area contributed by atoms with Crippen LogP contribution < -0.4 is 5.06 Å². The second kappa shape index (κ2) is 5.97. The van der Waals surface area contributed by atoms with Crippen molar-refractivity contribution in [2.75, 3.05) is 0 Å². The van der Waals surface area contributed by atoms with Gasteiger partial charge in [-0.15, -0.1) is 0 Å². The first-order valence-corrected chi connectivity index (χ1v) is 7.15. The van der Waals surface area contributed by atoms with Gasteiger partial charge in [0, 0.05) is 12.0 Å². The lowest BCUT2D eigenvalue weighted by Gasteiger charge is -2.21. The molecule has 4 nitrogen and oxygen atoms in total. The third-order valence-corrected chi connectivity index (χ3v) is 3.85. The fourth-order valence-corrected chi connectivity index (χ4v) is 2.59. The van der Waals surface area contributed by atoms with Gasteiger partial charge in [0.25, 0.3) is 15.3 Å². The van der Waals surface area contributed by atoms with Crippen LogP contribution in [-0.4, -0.2) is 13.4 Å². The van der Waals surface area contributed by atoms with E-state index in [1.165, 1.54) is 11.8 Å². The number of allylic oxidation sites excluding steroid dienone is 2. The van der Waals surface area contributed by atoms with Gasteiger partial charge < -0.3 is 10.3 Å². The Morgan fingerprint density at radius 1 is 1.16 bits per heavy atom. The smallest absolute Gasteiger partial charge is 0.277 e. The van der Waals surface area contributed by atoms with Crippen molar-refractivity contribution in [1.29, 1.82) is 0 Å². The number of hydroxylamine groups is 2. The van der Waals surface area contributed by atoms with Gasteiger partial charge in [0.1, 0.15) is 6.20 Å². The summed E-state index contributed by atoms with van der Waals surface area (Å²) in [6.07, 6.45) is 5.96. The Morgan fingerprint density at radius 2 is 1.79 bits per heavy atom. The van der Waals surface area contributed by atoms with Crippen LogP contribution in [0.2, 0.25) is 0 Å². The van der Waals surface area contributed by atoms with Crippen molar-refractivity contribution in [3.63, 3.8) is 0 Å². The van der Waals surface area contributed by atoms with E-state index >= 15 is 0 Å². The fraction of sp³-hybridized carbons (Fsp3) is 0.214. The molecule has 1 N–H and O–H groups in total. The van der Waals surface area contributed by atoms with Gasteiger partial charge in [0.05, 0.1) is 0 Å². The number of nitrogens with one attached hydrogen (secondary N) is 1. The van der Waals surface area contributed by atoms with Gasteiger partial charge in [-0.1, -0.05) is 31.2 Å². The van der Waals surface area contributed by atoms with E-state index in [9.17, 15) is 13.6 Å². The fourth-order valence-electron chi connectivity index (χ4n) is 2.00. The van der Waals surface area contributed by atoms with E-state index in [4.69, 9.17) is 0 Å². The maximum atomic E-state index is 11.6. The quantitative estimate of drug-likeness (QED) is 0.651. The first-order chi connectivity index (χ1) is 9.11. The molecule has 1 aliphatic heterocycles. The molecule has 0 aliphatic carbocycles. The van der Waals surface area contributed by atoms with Crippen LogP contribution >= 0.6 is 0 Å². The Hall–Kier alpha value is -1.69. The lowest BCUT2D eigenvalue weighted by molar-refractivity contribution is -0.680. The molecule has 1 heterocycles. The molecule has 0 spiro atoms. The molecule has 1 aliphatic rings. The summed E-state index contributed by atoms with van der Waals surface area (Å²) in [6, 6.07) is 7.97. The summed E-state index contributed by atoms with van der Waals surface area (Å²) >= 11 is 0. The number of hydrogen-bond acceptors (Lipinski definition) is 3. The highest BCUT2D eigenvalue weighted by atomic mass is 32.2. The molecule has 0 aromatic heterocycles. The predicted octanol–water partition coefficient (Wildman–Crippen LogP) is 0.637. The topological polar surface area (TPSA) is 61.6 Å². The molecule has 0 radical (unpaired) electrons. The van der Waals surface area contributed by atoms with Crippen LogP contribution in [0, 0.1) is 5.21 Å². The molecule has 1 aromatic carbocycles. The summed E-state index contributed by atoms with van der Waals surface area (Å²) in [5.74, 6) is 0. The lowest BCUT2D eigenvalue weighted by Crippen LogP contribution is -3.06. The second-order valence-corrected chi connectivity index (χ2v) is 5.20. The molecule has 19 heavy (non-hydrogen) atoms. The van der Waals surface area contributed by atoms with E-state index in [1.807, 2.05) is 24.3 Å². The molecular formula is C14H15NO3S. The molecule has 5 heteroatoms. The minimum Gasteiger partial charge on any atom is -0.623 e. The van der Waals surface area contributed by atoms with Crippen LogP contribution in [0.25, 0.3) is 0 Å². The summed E-state index contributed by atoms with van der Waals surface area (Å²) in [6.45, 7) is 2.08. The maximum absolute atomic E-state index is 11.6. The number of quaternary nitrogens is 1. The molecule has 0 bridgehead atoms. The highest BCUT2D eigenvalue weighted by Gasteiger charge is 2.18. The summed E-state index contributed by atoms with van der Waals surface area (Å²) in [4.78, 5) is -0.123. The molecule has 1 unspecified atom stereocenters. The van der Waals surface area contributed by atoms with Crippen LogP contribution in [0.4, 0.5) is 0 Å². The normalized spacial score (nSPS) is 18.3. The summed E-state index contributed by atoms with van der Waals surface area (Å²) in [5.41, 5.74) is 2.77. The van der Waals surface area contributed by atoms with Crippen molar-refractivity contribution >= 4 is 15.3 Å². The Labute approximate surface area is 113 Å². The van der Waals surface area contributed by atoms with Crippen molar-refractivity contribution in [2.45, 2.75) is 19.8 Å². The zero-order valence-electron chi connectivity index (χ0n) is 10.6. The molecule has 2 rings (SSSR count). The lowest BCUT2D eigenvalue weighted by atomic mass is 10.0. The zero-order chi connectivity index (χ0) is 13.8. The van der Waals surface area contributed by atoms with Gasteiger partial charge in [-0.2, -0.15) is 8.42 Å². The SMILES string of the molecule is CCc1ccc(CC2=CC=C[NH+]([O-])C2=S(=O)=O)cc1. The van der Waals surface area contributed by atoms with Crippen molar-refractivity contribution in [3.8, 4) is 0 Å². The second-order valence-electron chi connectivity index (χ2n) is 4.33. The van der Waals surface area contributed by atoms with E-state index in [1.54, 1.807) is 12.2 Å². The van der Waals surface area contributed by atoms with Gasteiger partial charge >= 0.3 is 0 Å². The van der Waals surface area contributed by atoms with E-state index in [-0.39, 0.29) is 4.99 Å². The van der Waals surface area contributed by atoms with Crippen LogP contribution in [0.3, 0.4) is 0 Å². The van der Waals surface area contributed by atoms with Crippen LogP contribution in [0.1, 0.15) is 18.1 Å². The number of hydrogen-bond donors (Lipinski definition) is 1. The number of benzene rings is 1. The summed E-state index contributed by atoms with van der Waals surface area (Å²) in [5, 5.41) is 11.1. The van der Waals surface area contributed by atoms with Crippen LogP contribution in [-0.2, 0) is 23.1 Å².